The highest BCUT2D eigenvalue weighted by atomic mass is 35.5. The molecule has 0 aliphatic rings. The van der Waals surface area contributed by atoms with E-state index in [1.807, 2.05) is 0 Å². The summed E-state index contributed by atoms with van der Waals surface area (Å²) in [5, 5.41) is 6.65. The smallest absolute Gasteiger partial charge is 0.262 e. The van der Waals surface area contributed by atoms with E-state index in [2.05, 4.69) is 10.6 Å². The first-order chi connectivity index (χ1) is 17.9. The first-order valence-corrected chi connectivity index (χ1v) is 11.9. The molecule has 0 heterocycles. The van der Waals surface area contributed by atoms with E-state index < -0.39 is 0 Å². The average Bonchev–Trinajstić information content (AvgIpc) is 2.90. The van der Waals surface area contributed by atoms with E-state index in [1.165, 1.54) is 0 Å². The Morgan fingerprint density at radius 2 is 0.838 bits per heavy atom. The Hall–Kier alpha value is -4.20. The van der Waals surface area contributed by atoms with Crippen LogP contribution in [-0.4, -0.2) is 25.0 Å². The molecule has 0 bridgehead atoms. The Kier molecular flexibility index (Phi) is 8.86. The molecular formula is C28H22Cl2N2O5. The molecule has 9 heteroatoms. The topological polar surface area (TPSA) is 85.9 Å². The van der Waals surface area contributed by atoms with Gasteiger partial charge in [0.15, 0.2) is 13.2 Å². The third kappa shape index (κ3) is 8.45. The van der Waals surface area contributed by atoms with E-state index in [1.54, 1.807) is 97.1 Å². The van der Waals surface area contributed by atoms with Crippen LogP contribution < -0.4 is 24.8 Å². The third-order valence-electron chi connectivity index (χ3n) is 4.88. The summed E-state index contributed by atoms with van der Waals surface area (Å²) in [5.41, 5.74) is 1.28. The minimum absolute atomic E-state index is 0.137. The van der Waals surface area contributed by atoms with Crippen LogP contribution >= 0.6 is 23.2 Å². The van der Waals surface area contributed by atoms with Gasteiger partial charge in [0, 0.05) is 21.4 Å². The standard InChI is InChI=1S/C28H22Cl2N2O5/c29-19-1-5-21(6-2-19)31-27(33)17-35-23-9-13-25(14-10-23)37-26-15-11-24(12-16-26)36-18-28(34)32-22-7-3-20(30)4-8-22/h1-16H,17-18H2,(H,31,33)(H,32,34). The number of nitrogens with one attached hydrogen (secondary N) is 2. The second kappa shape index (κ2) is 12.7. The zero-order valence-corrected chi connectivity index (χ0v) is 21.0. The molecule has 0 aliphatic heterocycles. The highest BCUT2D eigenvalue weighted by Gasteiger charge is 2.06. The van der Waals surface area contributed by atoms with Crippen molar-refractivity contribution in [1.29, 1.82) is 0 Å². The van der Waals surface area contributed by atoms with Crippen LogP contribution in [0.25, 0.3) is 0 Å². The number of carbonyl (C=O) groups excluding carboxylic acids is 2. The van der Waals surface area contributed by atoms with Gasteiger partial charge in [-0.3, -0.25) is 9.59 Å². The van der Waals surface area contributed by atoms with E-state index >= 15 is 0 Å². The van der Waals surface area contributed by atoms with Gasteiger partial charge in [-0.25, -0.2) is 0 Å². The van der Waals surface area contributed by atoms with Crippen molar-refractivity contribution < 1.29 is 23.8 Å². The van der Waals surface area contributed by atoms with E-state index in [4.69, 9.17) is 37.4 Å². The number of amides is 2. The summed E-state index contributed by atoms with van der Waals surface area (Å²) >= 11 is 11.7. The second-order valence-corrected chi connectivity index (χ2v) is 8.61. The number of ether oxygens (including phenoxy) is 3. The summed E-state index contributed by atoms with van der Waals surface area (Å²) in [6.45, 7) is -0.274. The first-order valence-electron chi connectivity index (χ1n) is 11.2. The zero-order valence-electron chi connectivity index (χ0n) is 19.4. The summed E-state index contributed by atoms with van der Waals surface area (Å²) in [4.78, 5) is 24.1. The monoisotopic (exact) mass is 536 g/mol. The zero-order chi connectivity index (χ0) is 26.0. The second-order valence-electron chi connectivity index (χ2n) is 7.73. The van der Waals surface area contributed by atoms with Gasteiger partial charge in [-0.15, -0.1) is 0 Å². The van der Waals surface area contributed by atoms with E-state index in [-0.39, 0.29) is 25.0 Å². The van der Waals surface area contributed by atoms with E-state index in [9.17, 15) is 9.59 Å². The van der Waals surface area contributed by atoms with Gasteiger partial charge in [-0.1, -0.05) is 23.2 Å². The first kappa shape index (κ1) is 25.9. The van der Waals surface area contributed by atoms with Gasteiger partial charge in [-0.2, -0.15) is 0 Å². The predicted molar refractivity (Wildman–Crippen MR) is 144 cm³/mol. The summed E-state index contributed by atoms with van der Waals surface area (Å²) in [7, 11) is 0. The van der Waals surface area contributed by atoms with Crippen molar-refractivity contribution in [2.75, 3.05) is 23.8 Å². The maximum absolute atomic E-state index is 12.1. The third-order valence-corrected chi connectivity index (χ3v) is 5.38. The molecule has 4 rings (SSSR count). The fraction of sp³-hybridized carbons (Fsp3) is 0.0714. The van der Waals surface area contributed by atoms with Crippen LogP contribution in [0.1, 0.15) is 0 Å². The molecule has 7 nitrogen and oxygen atoms in total. The summed E-state index contributed by atoms with van der Waals surface area (Å²) in [6, 6.07) is 27.4. The molecule has 0 saturated heterocycles. The Labute approximate surface area is 223 Å². The molecule has 2 N–H and O–H groups in total. The average molecular weight is 537 g/mol. The number of halogens is 2. The summed E-state index contributed by atoms with van der Waals surface area (Å²) in [6.07, 6.45) is 0. The highest BCUT2D eigenvalue weighted by Crippen LogP contribution is 2.26. The van der Waals surface area contributed by atoms with Crippen LogP contribution in [0, 0.1) is 0 Å². The fourth-order valence-electron chi connectivity index (χ4n) is 3.10. The van der Waals surface area contributed by atoms with E-state index in [0.29, 0.717) is 44.4 Å². The van der Waals surface area contributed by atoms with Gasteiger partial charge in [0.05, 0.1) is 0 Å². The molecule has 2 amide bonds. The van der Waals surface area contributed by atoms with Gasteiger partial charge in [0.25, 0.3) is 11.8 Å². The summed E-state index contributed by atoms with van der Waals surface area (Å²) < 4.78 is 16.9. The minimum atomic E-state index is -0.285. The maximum atomic E-state index is 12.1. The molecule has 0 saturated carbocycles. The molecule has 4 aromatic carbocycles. The van der Waals surface area contributed by atoms with Crippen molar-refractivity contribution in [3.05, 3.63) is 107 Å². The highest BCUT2D eigenvalue weighted by molar-refractivity contribution is 6.31. The van der Waals surface area contributed by atoms with Crippen LogP contribution in [0.15, 0.2) is 97.1 Å². The molecule has 0 atom stereocenters. The van der Waals surface area contributed by atoms with Crippen molar-refractivity contribution in [1.82, 2.24) is 0 Å². The molecule has 188 valence electrons. The molecule has 0 unspecified atom stereocenters. The normalized spacial score (nSPS) is 10.3. The van der Waals surface area contributed by atoms with Crippen LogP contribution in [0.4, 0.5) is 11.4 Å². The molecule has 0 spiro atoms. The number of benzene rings is 4. The van der Waals surface area contributed by atoms with Crippen molar-refractivity contribution >= 4 is 46.4 Å². The number of rotatable bonds is 10. The lowest BCUT2D eigenvalue weighted by atomic mass is 10.3. The van der Waals surface area contributed by atoms with Gasteiger partial charge in [-0.05, 0) is 97.1 Å². The molecule has 37 heavy (non-hydrogen) atoms. The van der Waals surface area contributed by atoms with Crippen LogP contribution in [0.5, 0.6) is 23.0 Å². The van der Waals surface area contributed by atoms with Gasteiger partial charge >= 0.3 is 0 Å². The van der Waals surface area contributed by atoms with Crippen molar-refractivity contribution in [3.63, 3.8) is 0 Å². The molecule has 0 aromatic heterocycles. The number of anilines is 2. The van der Waals surface area contributed by atoms with E-state index in [0.717, 1.165) is 0 Å². The molecular weight excluding hydrogens is 515 g/mol. The predicted octanol–water partition coefficient (Wildman–Crippen LogP) is 6.82. The molecule has 0 radical (unpaired) electrons. The van der Waals surface area contributed by atoms with Gasteiger partial charge < -0.3 is 24.8 Å². The lowest BCUT2D eigenvalue weighted by Crippen LogP contribution is -2.20. The SMILES string of the molecule is O=C(COc1ccc(Oc2ccc(OCC(=O)Nc3ccc(Cl)cc3)cc2)cc1)Nc1ccc(Cl)cc1. The molecule has 0 aliphatic carbocycles. The Balaban J connectivity index is 1.20. The van der Waals surface area contributed by atoms with Crippen LogP contribution in [-0.2, 0) is 9.59 Å². The largest absolute Gasteiger partial charge is 0.484 e. The number of hydrogen-bond acceptors (Lipinski definition) is 5. The van der Waals surface area contributed by atoms with Crippen molar-refractivity contribution in [2.45, 2.75) is 0 Å². The number of carbonyl (C=O) groups is 2. The summed E-state index contributed by atoms with van der Waals surface area (Å²) in [5.74, 6) is 1.67. The Bertz CT molecular complexity index is 1220. The quantitative estimate of drug-likeness (QED) is 0.232. The molecule has 0 fully saturated rings. The van der Waals surface area contributed by atoms with Crippen molar-refractivity contribution in [3.8, 4) is 23.0 Å². The van der Waals surface area contributed by atoms with Crippen molar-refractivity contribution in [2.24, 2.45) is 0 Å². The fourth-order valence-corrected chi connectivity index (χ4v) is 3.35. The van der Waals surface area contributed by atoms with Crippen LogP contribution in [0.3, 0.4) is 0 Å². The maximum Gasteiger partial charge on any atom is 0.262 e. The van der Waals surface area contributed by atoms with Gasteiger partial charge in [0.1, 0.15) is 23.0 Å². The molecule has 4 aromatic rings. The minimum Gasteiger partial charge on any atom is -0.484 e. The lowest BCUT2D eigenvalue weighted by molar-refractivity contribution is -0.118. The Morgan fingerprint density at radius 3 is 1.19 bits per heavy atom. The van der Waals surface area contributed by atoms with Crippen LogP contribution in [0.2, 0.25) is 10.0 Å². The number of hydrogen-bond donors (Lipinski definition) is 2. The Morgan fingerprint density at radius 1 is 0.514 bits per heavy atom. The van der Waals surface area contributed by atoms with Gasteiger partial charge in [0.2, 0.25) is 0 Å². The lowest BCUT2D eigenvalue weighted by Gasteiger charge is -2.10.